The number of piperidine rings is 1. The summed E-state index contributed by atoms with van der Waals surface area (Å²) in [5.74, 6) is 0.329. The molecule has 0 aromatic carbocycles. The Balaban J connectivity index is 2.04. The van der Waals surface area contributed by atoms with Gasteiger partial charge in [-0.3, -0.25) is 4.79 Å². The van der Waals surface area contributed by atoms with Crippen LogP contribution < -0.4 is 15.4 Å². The lowest BCUT2D eigenvalue weighted by Crippen LogP contribution is -2.47. The van der Waals surface area contributed by atoms with E-state index in [1.807, 2.05) is 6.92 Å². The van der Waals surface area contributed by atoms with Crippen molar-refractivity contribution in [3.8, 4) is 0 Å². The number of anilines is 1. The average molecular weight is 299 g/mol. The second-order valence-electron chi connectivity index (χ2n) is 4.43. The summed E-state index contributed by atoms with van der Waals surface area (Å²) in [6.07, 6.45) is 3.33. The molecule has 1 unspecified atom stereocenters. The van der Waals surface area contributed by atoms with Crippen molar-refractivity contribution in [3.63, 3.8) is 0 Å². The first-order valence-corrected chi connectivity index (χ1v) is 7.84. The van der Waals surface area contributed by atoms with E-state index in [1.54, 1.807) is 0 Å². The van der Waals surface area contributed by atoms with Crippen LogP contribution >= 0.6 is 0 Å². The number of nitrogens with zero attached hydrogens (tertiary/aromatic N) is 2. The highest BCUT2D eigenvalue weighted by Crippen LogP contribution is 2.11. The van der Waals surface area contributed by atoms with Gasteiger partial charge in [-0.15, -0.1) is 0 Å². The Morgan fingerprint density at radius 2 is 2.10 bits per heavy atom. The number of sulfonamides is 1. The molecular formula is C11H17N5O3S. The number of carbonyl (C=O) groups is 1. The number of nitrogens with one attached hydrogen (secondary N) is 3. The molecule has 20 heavy (non-hydrogen) atoms. The number of aromatic nitrogens is 2. The Hall–Kier alpha value is -1.74. The van der Waals surface area contributed by atoms with E-state index in [9.17, 15) is 13.2 Å². The van der Waals surface area contributed by atoms with E-state index < -0.39 is 10.0 Å². The summed E-state index contributed by atoms with van der Waals surface area (Å²) in [6.45, 7) is 2.85. The molecule has 0 saturated carbocycles. The molecule has 2 heterocycles. The second-order valence-corrected chi connectivity index (χ2v) is 6.15. The third kappa shape index (κ3) is 3.64. The molecule has 1 fully saturated rings. The van der Waals surface area contributed by atoms with Crippen LogP contribution in [0.3, 0.4) is 0 Å². The Labute approximate surface area is 117 Å². The molecule has 0 radical (unpaired) electrons. The number of hydrogen-bond donors (Lipinski definition) is 3. The van der Waals surface area contributed by atoms with E-state index >= 15 is 0 Å². The van der Waals surface area contributed by atoms with Crippen LogP contribution in [0.15, 0.2) is 17.3 Å². The van der Waals surface area contributed by atoms with Gasteiger partial charge in [-0.05, 0) is 13.3 Å². The van der Waals surface area contributed by atoms with Crippen molar-refractivity contribution in [1.82, 2.24) is 20.0 Å². The largest absolute Gasteiger partial charge is 0.355 e. The molecule has 3 N–H and O–H groups in total. The van der Waals surface area contributed by atoms with E-state index in [-0.39, 0.29) is 16.8 Å². The topological polar surface area (TPSA) is 113 Å². The molecular weight excluding hydrogens is 282 g/mol. The lowest BCUT2D eigenvalue weighted by atomic mass is 10.1. The normalized spacial score (nSPS) is 19.4. The first kappa shape index (κ1) is 14.7. The van der Waals surface area contributed by atoms with Crippen LogP contribution in [0.4, 0.5) is 5.95 Å². The molecule has 1 amide bonds. The number of hydrogen-bond acceptors (Lipinski definition) is 6. The van der Waals surface area contributed by atoms with Gasteiger partial charge in [0.1, 0.15) is 4.90 Å². The van der Waals surface area contributed by atoms with Crippen molar-refractivity contribution in [2.24, 2.45) is 0 Å². The van der Waals surface area contributed by atoms with E-state index in [0.717, 1.165) is 0 Å². The number of carbonyl (C=O) groups excluding carboxylic acids is 1. The van der Waals surface area contributed by atoms with Crippen LogP contribution in [0, 0.1) is 0 Å². The van der Waals surface area contributed by atoms with Crippen molar-refractivity contribution in [2.45, 2.75) is 30.7 Å². The zero-order chi connectivity index (χ0) is 14.6. The molecule has 1 aromatic heterocycles. The molecule has 9 heteroatoms. The lowest BCUT2D eigenvalue weighted by Gasteiger charge is -2.23. The minimum atomic E-state index is -3.66. The maximum atomic E-state index is 12.1. The first-order chi connectivity index (χ1) is 9.51. The fourth-order valence-electron chi connectivity index (χ4n) is 1.83. The predicted molar refractivity (Wildman–Crippen MR) is 72.5 cm³/mol. The van der Waals surface area contributed by atoms with E-state index in [4.69, 9.17) is 0 Å². The minimum absolute atomic E-state index is 0.0102. The summed E-state index contributed by atoms with van der Waals surface area (Å²) >= 11 is 0. The van der Waals surface area contributed by atoms with Crippen LogP contribution in [0.2, 0.25) is 0 Å². The van der Waals surface area contributed by atoms with Crippen molar-refractivity contribution in [2.75, 3.05) is 18.4 Å². The molecule has 8 nitrogen and oxygen atoms in total. The summed E-state index contributed by atoms with van der Waals surface area (Å²) in [7, 11) is -3.66. The van der Waals surface area contributed by atoms with Crippen LogP contribution in [-0.4, -0.2) is 43.4 Å². The van der Waals surface area contributed by atoms with Crippen LogP contribution in [0.1, 0.15) is 19.8 Å². The number of rotatable bonds is 5. The Morgan fingerprint density at radius 3 is 2.65 bits per heavy atom. The molecule has 0 aliphatic carbocycles. The van der Waals surface area contributed by atoms with Crippen molar-refractivity contribution < 1.29 is 13.2 Å². The average Bonchev–Trinajstić information content (AvgIpc) is 2.42. The molecule has 1 aliphatic rings. The van der Waals surface area contributed by atoms with Gasteiger partial charge >= 0.3 is 0 Å². The van der Waals surface area contributed by atoms with E-state index in [0.29, 0.717) is 31.9 Å². The highest BCUT2D eigenvalue weighted by molar-refractivity contribution is 7.89. The summed E-state index contributed by atoms with van der Waals surface area (Å²) in [6, 6.07) is -0.300. The van der Waals surface area contributed by atoms with Gasteiger partial charge < -0.3 is 10.6 Å². The van der Waals surface area contributed by atoms with E-state index in [1.165, 1.54) is 12.4 Å². The van der Waals surface area contributed by atoms with Crippen LogP contribution in [0.5, 0.6) is 0 Å². The highest BCUT2D eigenvalue weighted by Gasteiger charge is 2.24. The number of amides is 1. The van der Waals surface area contributed by atoms with Gasteiger partial charge in [0.15, 0.2) is 0 Å². The van der Waals surface area contributed by atoms with Gasteiger partial charge in [0, 0.05) is 25.6 Å². The third-order valence-corrected chi connectivity index (χ3v) is 4.34. The molecule has 0 bridgehead atoms. The van der Waals surface area contributed by atoms with Gasteiger partial charge in [0.05, 0.1) is 12.4 Å². The molecule has 1 saturated heterocycles. The highest BCUT2D eigenvalue weighted by atomic mass is 32.2. The van der Waals surface area contributed by atoms with E-state index in [2.05, 4.69) is 25.3 Å². The van der Waals surface area contributed by atoms with Gasteiger partial charge in [-0.25, -0.2) is 23.1 Å². The summed E-state index contributed by atoms with van der Waals surface area (Å²) in [5.41, 5.74) is 0. The van der Waals surface area contributed by atoms with Crippen molar-refractivity contribution >= 4 is 21.9 Å². The lowest BCUT2D eigenvalue weighted by molar-refractivity contribution is -0.122. The van der Waals surface area contributed by atoms with Crippen molar-refractivity contribution in [3.05, 3.63) is 12.4 Å². The zero-order valence-electron chi connectivity index (χ0n) is 11.1. The van der Waals surface area contributed by atoms with Gasteiger partial charge in [-0.2, -0.15) is 0 Å². The quantitative estimate of drug-likeness (QED) is 0.673. The van der Waals surface area contributed by atoms with Crippen LogP contribution in [-0.2, 0) is 14.8 Å². The molecule has 2 rings (SSSR count). The zero-order valence-corrected chi connectivity index (χ0v) is 11.9. The molecule has 110 valence electrons. The van der Waals surface area contributed by atoms with Gasteiger partial charge in [-0.1, -0.05) is 0 Å². The Bertz CT molecular complexity index is 562. The fourth-order valence-corrected chi connectivity index (χ4v) is 2.98. The molecule has 1 aromatic rings. The summed E-state index contributed by atoms with van der Waals surface area (Å²) in [5, 5.41) is 5.51. The monoisotopic (exact) mass is 299 g/mol. The summed E-state index contributed by atoms with van der Waals surface area (Å²) < 4.78 is 26.8. The van der Waals surface area contributed by atoms with Crippen molar-refractivity contribution in [1.29, 1.82) is 0 Å². The molecule has 0 spiro atoms. The maximum absolute atomic E-state index is 12.1. The third-order valence-electron chi connectivity index (χ3n) is 2.86. The molecule has 1 atom stereocenters. The van der Waals surface area contributed by atoms with Gasteiger partial charge in [0.2, 0.25) is 21.9 Å². The Morgan fingerprint density at radius 1 is 1.40 bits per heavy atom. The molecule has 1 aliphatic heterocycles. The SMILES string of the molecule is CCNc1ncc(S(=O)(=O)NC2CCC(=O)NC2)cn1. The fraction of sp³-hybridized carbons (Fsp3) is 0.545. The van der Waals surface area contributed by atoms with Crippen LogP contribution in [0.25, 0.3) is 0 Å². The first-order valence-electron chi connectivity index (χ1n) is 6.36. The standard InChI is InChI=1S/C11H17N5O3S/c1-2-12-11-14-6-9(7-15-11)20(18,19)16-8-3-4-10(17)13-5-8/h6-8,16H,2-5H2,1H3,(H,13,17)(H,12,14,15). The maximum Gasteiger partial charge on any atom is 0.243 e. The minimum Gasteiger partial charge on any atom is -0.355 e. The second kappa shape index (κ2) is 6.14. The summed E-state index contributed by atoms with van der Waals surface area (Å²) in [4.78, 5) is 18.9. The predicted octanol–water partition coefficient (Wildman–Crippen LogP) is -0.535. The smallest absolute Gasteiger partial charge is 0.243 e. The van der Waals surface area contributed by atoms with Gasteiger partial charge in [0.25, 0.3) is 0 Å². The Kier molecular flexibility index (Phi) is 4.50.